The molecule has 1 rings (SSSR count). The lowest BCUT2D eigenvalue weighted by atomic mass is 10.1. The molecule has 0 radical (unpaired) electrons. The van der Waals surface area contributed by atoms with E-state index < -0.39 is 5.60 Å². The molecule has 0 aromatic heterocycles. The molecule has 5 nitrogen and oxygen atoms in total. The van der Waals surface area contributed by atoms with Crippen LogP contribution in [0, 0.1) is 5.92 Å². The maximum Gasteiger partial charge on any atom is 0.310 e. The molecule has 16 heavy (non-hydrogen) atoms. The van der Waals surface area contributed by atoms with Crippen molar-refractivity contribution in [1.29, 1.82) is 0 Å². The number of carbonyl (C=O) groups excluding carboxylic acids is 1. The van der Waals surface area contributed by atoms with Crippen LogP contribution in [0.3, 0.4) is 0 Å². The number of aliphatic hydroxyl groups is 1. The molecular weight excluding hydrogens is 232 g/mol. The minimum absolute atomic E-state index is 0. The summed E-state index contributed by atoms with van der Waals surface area (Å²) < 4.78 is 5.26. The van der Waals surface area contributed by atoms with Crippen molar-refractivity contribution in [2.24, 2.45) is 11.8 Å². The van der Waals surface area contributed by atoms with Crippen molar-refractivity contribution >= 4 is 18.4 Å². The molecule has 0 aliphatic carbocycles. The van der Waals surface area contributed by atoms with E-state index in [0.717, 1.165) is 0 Å². The van der Waals surface area contributed by atoms with E-state index in [1.54, 1.807) is 0 Å². The summed E-state index contributed by atoms with van der Waals surface area (Å²) in [5.74, 6) is 5.20. The highest BCUT2D eigenvalue weighted by Gasteiger charge is 2.36. The van der Waals surface area contributed by atoms with Gasteiger partial charge in [0, 0.05) is 12.6 Å². The summed E-state index contributed by atoms with van der Waals surface area (Å²) in [6, 6.07) is -0.123. The first kappa shape index (κ1) is 15.6. The second-order valence-electron chi connectivity index (χ2n) is 5.00. The van der Waals surface area contributed by atoms with Gasteiger partial charge >= 0.3 is 5.97 Å². The summed E-state index contributed by atoms with van der Waals surface area (Å²) >= 11 is 0. The Balaban J connectivity index is 0.00000225. The van der Waals surface area contributed by atoms with Crippen LogP contribution in [0.15, 0.2) is 0 Å². The number of hydrogen-bond acceptors (Lipinski definition) is 5. The molecule has 3 N–H and O–H groups in total. The molecule has 2 atom stereocenters. The van der Waals surface area contributed by atoms with Gasteiger partial charge in [0.1, 0.15) is 5.60 Å². The number of halogens is 1. The summed E-state index contributed by atoms with van der Waals surface area (Å²) in [5, 5.41) is 10.5. The van der Waals surface area contributed by atoms with E-state index in [0.29, 0.717) is 13.0 Å². The van der Waals surface area contributed by atoms with Crippen LogP contribution in [-0.4, -0.2) is 40.9 Å². The molecular formula is C10H21ClN2O3. The Hall–Kier alpha value is -0.360. The zero-order valence-corrected chi connectivity index (χ0v) is 10.8. The van der Waals surface area contributed by atoms with Crippen molar-refractivity contribution in [3.63, 3.8) is 0 Å². The van der Waals surface area contributed by atoms with Crippen LogP contribution in [-0.2, 0) is 9.53 Å². The lowest BCUT2D eigenvalue weighted by Gasteiger charge is -2.21. The van der Waals surface area contributed by atoms with Crippen LogP contribution in [0.25, 0.3) is 0 Å². The van der Waals surface area contributed by atoms with Crippen molar-refractivity contribution in [1.82, 2.24) is 5.01 Å². The van der Waals surface area contributed by atoms with Gasteiger partial charge in [0.25, 0.3) is 0 Å². The molecule has 0 aromatic carbocycles. The normalized spacial score (nSPS) is 26.3. The van der Waals surface area contributed by atoms with Gasteiger partial charge in [-0.1, -0.05) is 0 Å². The second kappa shape index (κ2) is 5.82. The van der Waals surface area contributed by atoms with Gasteiger partial charge in [0.2, 0.25) is 0 Å². The Labute approximate surface area is 102 Å². The third-order valence-electron chi connectivity index (χ3n) is 2.41. The lowest BCUT2D eigenvalue weighted by Crippen LogP contribution is -2.38. The van der Waals surface area contributed by atoms with Crippen molar-refractivity contribution < 1.29 is 14.6 Å². The Kier molecular flexibility index (Phi) is 5.69. The summed E-state index contributed by atoms with van der Waals surface area (Å²) in [6.45, 7) is 5.95. The summed E-state index contributed by atoms with van der Waals surface area (Å²) in [4.78, 5) is 11.7. The number of nitrogens with two attached hydrogens (primary N) is 1. The van der Waals surface area contributed by atoms with Gasteiger partial charge in [-0.25, -0.2) is 5.01 Å². The third-order valence-corrected chi connectivity index (χ3v) is 2.41. The lowest BCUT2D eigenvalue weighted by molar-refractivity contribution is -0.159. The molecule has 96 valence electrons. The molecule has 0 unspecified atom stereocenters. The van der Waals surface area contributed by atoms with Crippen molar-refractivity contribution in [3.8, 4) is 0 Å². The minimum Gasteiger partial charge on any atom is -0.460 e. The molecule has 0 spiro atoms. The number of esters is 1. The first-order chi connectivity index (χ1) is 6.83. The smallest absolute Gasteiger partial charge is 0.310 e. The van der Waals surface area contributed by atoms with Gasteiger partial charge in [-0.05, 0) is 27.2 Å². The Morgan fingerprint density at radius 1 is 1.56 bits per heavy atom. The largest absolute Gasteiger partial charge is 0.460 e. The molecule has 0 saturated carbocycles. The fraction of sp³-hybridized carbons (Fsp3) is 0.900. The molecule has 1 heterocycles. The van der Waals surface area contributed by atoms with E-state index in [1.807, 2.05) is 20.8 Å². The first-order valence-corrected chi connectivity index (χ1v) is 5.18. The van der Waals surface area contributed by atoms with Gasteiger partial charge < -0.3 is 9.84 Å². The SMILES string of the molecule is CC(C)(C)OC(=O)[C@H]1C[C@H](CO)N(N)C1.Cl. The molecule has 1 aliphatic heterocycles. The van der Waals surface area contributed by atoms with Gasteiger partial charge in [-0.15, -0.1) is 12.4 Å². The molecule has 6 heteroatoms. The predicted molar refractivity (Wildman–Crippen MR) is 63.0 cm³/mol. The van der Waals surface area contributed by atoms with Crippen LogP contribution in [0.1, 0.15) is 27.2 Å². The monoisotopic (exact) mass is 252 g/mol. The number of nitrogens with zero attached hydrogens (tertiary/aromatic N) is 1. The van der Waals surface area contributed by atoms with Gasteiger partial charge in [0.15, 0.2) is 0 Å². The van der Waals surface area contributed by atoms with Gasteiger partial charge in [-0.2, -0.15) is 0 Å². The average molecular weight is 253 g/mol. The number of hydrogen-bond donors (Lipinski definition) is 2. The Morgan fingerprint density at radius 2 is 2.12 bits per heavy atom. The second-order valence-corrected chi connectivity index (χ2v) is 5.00. The maximum atomic E-state index is 11.7. The van der Waals surface area contributed by atoms with Crippen LogP contribution in [0.5, 0.6) is 0 Å². The zero-order valence-electron chi connectivity index (χ0n) is 9.97. The van der Waals surface area contributed by atoms with E-state index in [9.17, 15) is 4.79 Å². The Bertz CT molecular complexity index is 243. The number of ether oxygens (including phenoxy) is 1. The number of hydrazine groups is 1. The van der Waals surface area contributed by atoms with Crippen molar-refractivity contribution in [3.05, 3.63) is 0 Å². The Morgan fingerprint density at radius 3 is 2.50 bits per heavy atom. The quantitative estimate of drug-likeness (QED) is 0.546. The predicted octanol–water partition coefficient (Wildman–Crippen LogP) is 0.306. The fourth-order valence-corrected chi connectivity index (χ4v) is 1.68. The first-order valence-electron chi connectivity index (χ1n) is 5.18. The maximum absolute atomic E-state index is 11.7. The van der Waals surface area contributed by atoms with Crippen LogP contribution >= 0.6 is 12.4 Å². The van der Waals surface area contributed by atoms with E-state index >= 15 is 0 Å². The van der Waals surface area contributed by atoms with Gasteiger partial charge in [-0.3, -0.25) is 10.6 Å². The molecule has 0 bridgehead atoms. The summed E-state index contributed by atoms with van der Waals surface area (Å²) in [6.07, 6.45) is 0.571. The fourth-order valence-electron chi connectivity index (χ4n) is 1.68. The number of rotatable bonds is 2. The van der Waals surface area contributed by atoms with E-state index in [2.05, 4.69) is 0 Å². The molecule has 1 aliphatic rings. The summed E-state index contributed by atoms with van der Waals surface area (Å²) in [7, 11) is 0. The number of carbonyl (C=O) groups is 1. The highest BCUT2D eigenvalue weighted by molar-refractivity contribution is 5.85. The highest BCUT2D eigenvalue weighted by Crippen LogP contribution is 2.23. The molecule has 0 amide bonds. The molecule has 1 fully saturated rings. The van der Waals surface area contributed by atoms with E-state index in [-0.39, 0.29) is 36.9 Å². The van der Waals surface area contributed by atoms with E-state index in [1.165, 1.54) is 5.01 Å². The van der Waals surface area contributed by atoms with Crippen LogP contribution in [0.4, 0.5) is 0 Å². The zero-order chi connectivity index (χ0) is 11.6. The minimum atomic E-state index is -0.464. The van der Waals surface area contributed by atoms with Crippen LogP contribution < -0.4 is 5.84 Å². The van der Waals surface area contributed by atoms with Crippen LogP contribution in [0.2, 0.25) is 0 Å². The third kappa shape index (κ3) is 4.25. The topological polar surface area (TPSA) is 75.8 Å². The summed E-state index contributed by atoms with van der Waals surface area (Å²) in [5.41, 5.74) is -0.464. The van der Waals surface area contributed by atoms with Crippen molar-refractivity contribution in [2.75, 3.05) is 13.2 Å². The van der Waals surface area contributed by atoms with Crippen molar-refractivity contribution in [2.45, 2.75) is 38.8 Å². The molecule has 1 saturated heterocycles. The van der Waals surface area contributed by atoms with E-state index in [4.69, 9.17) is 15.7 Å². The number of aliphatic hydroxyl groups excluding tert-OH is 1. The average Bonchev–Trinajstić information content (AvgIpc) is 2.43. The molecule has 0 aromatic rings. The highest BCUT2D eigenvalue weighted by atomic mass is 35.5. The standard InChI is InChI=1S/C10H20N2O3.ClH/c1-10(2,3)15-9(14)7-4-8(6-13)12(11)5-7;/h7-8,13H,4-6,11H2,1-3H3;1H/t7-,8+;/m0./s1. The van der Waals surface area contributed by atoms with Gasteiger partial charge in [0.05, 0.1) is 12.5 Å².